The van der Waals surface area contributed by atoms with E-state index in [-0.39, 0.29) is 17.8 Å². The first-order chi connectivity index (χ1) is 13.5. The van der Waals surface area contributed by atoms with Gasteiger partial charge >= 0.3 is 0 Å². The summed E-state index contributed by atoms with van der Waals surface area (Å²) in [6, 6.07) is 4.25. The number of Topliss-reactive ketones (excluding diaryl/α,β-unsaturated/α-hetero) is 1. The average Bonchev–Trinajstić information content (AvgIpc) is 3.09. The van der Waals surface area contributed by atoms with Gasteiger partial charge in [0.15, 0.2) is 0 Å². The number of rotatable bonds is 5. The number of fused-ring (bicyclic) bond motifs is 1. The number of aryl methyl sites for hydroxylation is 1. The van der Waals surface area contributed by atoms with Gasteiger partial charge in [-0.3, -0.25) is 9.48 Å². The molecule has 2 fully saturated rings. The van der Waals surface area contributed by atoms with Gasteiger partial charge in [-0.1, -0.05) is 0 Å². The highest BCUT2D eigenvalue weighted by atomic mass is 19.1. The second-order valence-electron chi connectivity index (χ2n) is 8.09. The molecule has 0 bridgehead atoms. The van der Waals surface area contributed by atoms with Crippen molar-refractivity contribution in [2.75, 3.05) is 0 Å². The van der Waals surface area contributed by atoms with E-state index in [1.54, 1.807) is 7.05 Å². The van der Waals surface area contributed by atoms with E-state index in [1.165, 1.54) is 4.68 Å². The van der Waals surface area contributed by atoms with Gasteiger partial charge in [0.2, 0.25) is 5.95 Å². The van der Waals surface area contributed by atoms with Crippen LogP contribution in [0.15, 0.2) is 24.5 Å². The molecule has 6 nitrogen and oxygen atoms in total. The number of halogens is 1. The fourth-order valence-corrected chi connectivity index (χ4v) is 4.08. The first kappa shape index (κ1) is 17.4. The highest BCUT2D eigenvalue weighted by Crippen LogP contribution is 2.38. The maximum atomic E-state index is 14.7. The molecule has 2 aliphatic rings. The van der Waals surface area contributed by atoms with E-state index >= 15 is 0 Å². The molecular weight excluding hydrogens is 359 g/mol. The van der Waals surface area contributed by atoms with E-state index in [1.807, 2.05) is 36.1 Å². The van der Waals surface area contributed by atoms with Crippen molar-refractivity contribution in [3.63, 3.8) is 0 Å². The fourth-order valence-electron chi connectivity index (χ4n) is 4.08. The molecule has 0 saturated heterocycles. The third-order valence-electron chi connectivity index (χ3n) is 5.95. The first-order valence-electron chi connectivity index (χ1n) is 9.88. The Morgan fingerprint density at radius 2 is 2.07 bits per heavy atom. The third kappa shape index (κ3) is 2.99. The third-order valence-corrected chi connectivity index (χ3v) is 5.95. The van der Waals surface area contributed by atoms with E-state index < -0.39 is 5.95 Å². The van der Waals surface area contributed by atoms with Crippen molar-refractivity contribution in [3.8, 4) is 16.9 Å². The number of carbonyl (C=O) groups is 1. The van der Waals surface area contributed by atoms with Crippen LogP contribution in [0, 0.1) is 11.9 Å². The zero-order valence-corrected chi connectivity index (χ0v) is 16.1. The molecule has 0 N–H and O–H groups in total. The number of ketones is 1. The van der Waals surface area contributed by atoms with Gasteiger partial charge < -0.3 is 4.74 Å². The molecule has 146 valence electrons. The fraction of sp³-hybridized carbons (Fsp3) is 0.476. The molecule has 0 unspecified atom stereocenters. The van der Waals surface area contributed by atoms with Gasteiger partial charge in [-0.05, 0) is 43.9 Å². The number of hydrogen-bond donors (Lipinski definition) is 0. The lowest BCUT2D eigenvalue weighted by atomic mass is 10.0. The highest BCUT2D eigenvalue weighted by molar-refractivity contribution is 5.90. The van der Waals surface area contributed by atoms with Gasteiger partial charge in [0.1, 0.15) is 11.5 Å². The second-order valence-corrected chi connectivity index (χ2v) is 8.09. The van der Waals surface area contributed by atoms with Gasteiger partial charge in [0, 0.05) is 37.6 Å². The Morgan fingerprint density at radius 3 is 2.79 bits per heavy atom. The van der Waals surface area contributed by atoms with Gasteiger partial charge in [-0.2, -0.15) is 14.6 Å². The van der Waals surface area contributed by atoms with Crippen LogP contribution in [0.1, 0.15) is 45.1 Å². The van der Waals surface area contributed by atoms with E-state index in [0.29, 0.717) is 35.5 Å². The minimum atomic E-state index is -0.417. The zero-order valence-electron chi connectivity index (χ0n) is 16.1. The van der Waals surface area contributed by atoms with Crippen LogP contribution in [0.2, 0.25) is 0 Å². The van der Waals surface area contributed by atoms with E-state index in [4.69, 9.17) is 4.74 Å². The van der Waals surface area contributed by atoms with Crippen LogP contribution in [0.25, 0.3) is 22.0 Å². The number of aromatic nitrogens is 4. The Bertz CT molecular complexity index is 1070. The van der Waals surface area contributed by atoms with Crippen LogP contribution in [0.5, 0.6) is 5.75 Å². The molecule has 2 heterocycles. The van der Waals surface area contributed by atoms with Crippen LogP contribution in [0.3, 0.4) is 0 Å². The molecule has 5 rings (SSSR count). The molecule has 2 aliphatic carbocycles. The smallest absolute Gasteiger partial charge is 0.222 e. The highest BCUT2D eigenvalue weighted by Gasteiger charge is 2.29. The maximum Gasteiger partial charge on any atom is 0.222 e. The molecule has 7 heteroatoms. The van der Waals surface area contributed by atoms with E-state index in [2.05, 4.69) is 10.2 Å². The van der Waals surface area contributed by atoms with Gasteiger partial charge in [0.05, 0.1) is 29.2 Å². The molecule has 2 atom stereocenters. The van der Waals surface area contributed by atoms with Crippen molar-refractivity contribution in [1.29, 1.82) is 0 Å². The Balaban J connectivity index is 1.54. The molecule has 28 heavy (non-hydrogen) atoms. The van der Waals surface area contributed by atoms with Crippen molar-refractivity contribution in [1.82, 2.24) is 19.6 Å². The number of carbonyl (C=O) groups excluding carboxylic acids is 1. The van der Waals surface area contributed by atoms with Crippen LogP contribution in [-0.2, 0) is 11.8 Å². The molecule has 0 spiro atoms. The number of nitrogens with zero attached hydrogens (tertiary/aromatic N) is 4. The van der Waals surface area contributed by atoms with Crippen LogP contribution >= 0.6 is 0 Å². The largest absolute Gasteiger partial charge is 0.490 e. The maximum absolute atomic E-state index is 14.7. The number of ether oxygens (including phenoxy) is 1. The number of hydrogen-bond acceptors (Lipinski definition) is 4. The molecule has 2 aromatic heterocycles. The Labute approximate surface area is 162 Å². The molecule has 1 aromatic carbocycles. The Morgan fingerprint density at radius 1 is 1.25 bits per heavy atom. The monoisotopic (exact) mass is 382 g/mol. The summed E-state index contributed by atoms with van der Waals surface area (Å²) in [7, 11) is 1.59. The van der Waals surface area contributed by atoms with Crippen molar-refractivity contribution in [2.45, 2.75) is 51.2 Å². The van der Waals surface area contributed by atoms with Crippen molar-refractivity contribution in [2.24, 2.45) is 13.0 Å². The van der Waals surface area contributed by atoms with Crippen molar-refractivity contribution in [3.05, 3.63) is 30.5 Å². The Kier molecular flexibility index (Phi) is 4.00. The lowest BCUT2D eigenvalue weighted by Crippen LogP contribution is -2.22. The summed E-state index contributed by atoms with van der Waals surface area (Å²) in [5.41, 5.74) is 2.43. The SMILES string of the molecule is C[C@@H](Oc1cc(-c2cnn(C3CC3)c2)cc2nn(C)c(F)c12)[C@H]1CCC(=O)C1. The second kappa shape index (κ2) is 6.43. The summed E-state index contributed by atoms with van der Waals surface area (Å²) < 4.78 is 24.1. The minimum absolute atomic E-state index is 0.168. The summed E-state index contributed by atoms with van der Waals surface area (Å²) in [5.74, 6) is 0.506. The van der Waals surface area contributed by atoms with Gasteiger partial charge in [0.25, 0.3) is 0 Å². The topological polar surface area (TPSA) is 61.9 Å². The van der Waals surface area contributed by atoms with E-state index in [0.717, 1.165) is 30.4 Å². The normalized spacial score (nSPS) is 20.8. The minimum Gasteiger partial charge on any atom is -0.490 e. The summed E-state index contributed by atoms with van der Waals surface area (Å²) in [4.78, 5) is 11.6. The van der Waals surface area contributed by atoms with Crippen molar-refractivity contribution < 1.29 is 13.9 Å². The van der Waals surface area contributed by atoms with Crippen molar-refractivity contribution >= 4 is 16.7 Å². The summed E-state index contributed by atoms with van der Waals surface area (Å²) in [6.07, 6.45) is 7.99. The standard InChI is InChI=1S/C21H23FN4O2/c1-12(13-3-6-17(27)7-13)28-19-9-14(8-18-20(19)21(22)25(2)24-18)15-10-23-26(11-15)16-4-5-16/h8-13,16H,3-7H2,1-2H3/t12-,13+/m1/s1. The average molecular weight is 382 g/mol. The lowest BCUT2D eigenvalue weighted by molar-refractivity contribution is -0.117. The summed E-state index contributed by atoms with van der Waals surface area (Å²) >= 11 is 0. The Hall–Kier alpha value is -2.70. The molecule has 2 saturated carbocycles. The van der Waals surface area contributed by atoms with Crippen LogP contribution < -0.4 is 4.74 Å². The molecule has 0 aliphatic heterocycles. The summed E-state index contributed by atoms with van der Waals surface area (Å²) in [6.45, 7) is 1.96. The first-order valence-corrected chi connectivity index (χ1v) is 9.88. The van der Waals surface area contributed by atoms with Gasteiger partial charge in [-0.15, -0.1) is 0 Å². The van der Waals surface area contributed by atoms with E-state index in [9.17, 15) is 9.18 Å². The summed E-state index contributed by atoms with van der Waals surface area (Å²) in [5, 5.41) is 9.16. The molecule has 0 radical (unpaired) electrons. The van der Waals surface area contributed by atoms with Gasteiger partial charge in [-0.25, -0.2) is 4.68 Å². The zero-order chi connectivity index (χ0) is 19.4. The number of benzene rings is 1. The molecule has 3 aromatic rings. The quantitative estimate of drug-likeness (QED) is 0.668. The molecular formula is C21H23FN4O2. The predicted octanol–water partition coefficient (Wildman–Crippen LogP) is 4.05. The van der Waals surface area contributed by atoms with Crippen LogP contribution in [0.4, 0.5) is 4.39 Å². The lowest BCUT2D eigenvalue weighted by Gasteiger charge is -2.21. The predicted molar refractivity (Wildman–Crippen MR) is 103 cm³/mol. The van der Waals surface area contributed by atoms with Crippen LogP contribution in [-0.4, -0.2) is 31.4 Å². The molecule has 0 amide bonds.